The molecule has 0 bridgehead atoms. The Bertz CT molecular complexity index is 2990. The molecule has 0 amide bonds. The lowest BCUT2D eigenvalue weighted by atomic mass is 10.1. The minimum atomic E-state index is -3.90. The highest BCUT2D eigenvalue weighted by Gasteiger charge is 2.32. The lowest BCUT2D eigenvalue weighted by molar-refractivity contribution is 0.290. The van der Waals surface area contributed by atoms with Crippen molar-refractivity contribution in [2.75, 3.05) is 71.3 Å². The van der Waals surface area contributed by atoms with Crippen molar-refractivity contribution in [2.45, 2.75) is 84.8 Å². The molecule has 3 N–H and O–H groups in total. The molecule has 400 valence electrons. The Hall–Kier alpha value is -4.10. The van der Waals surface area contributed by atoms with Gasteiger partial charge in [0, 0.05) is 64.2 Å². The van der Waals surface area contributed by atoms with Crippen LogP contribution >= 0.6 is 11.6 Å². The molecule has 22 heteroatoms. The average molecular weight is 1120 g/mol. The Balaban J connectivity index is 0.000000273. The Labute approximate surface area is 439 Å². The largest absolute Gasteiger partial charge is 0.317 e. The zero-order valence-corrected chi connectivity index (χ0v) is 46.9. The molecule has 5 aromatic carbocycles. The maximum atomic E-state index is 13.5. The second kappa shape index (κ2) is 27.1. The normalized spacial score (nSPS) is 15.5. The highest BCUT2D eigenvalue weighted by molar-refractivity contribution is 7.90. The number of alkyl halides is 1. The number of aryl methyl sites for hydroxylation is 5. The first-order valence-corrected chi connectivity index (χ1v) is 31.9. The van der Waals surface area contributed by atoms with E-state index in [1.165, 1.54) is 31.1 Å². The minimum absolute atomic E-state index is 0.0381. The quantitative estimate of drug-likeness (QED) is 0.0594. The van der Waals surface area contributed by atoms with Crippen LogP contribution in [0.25, 0.3) is 0 Å². The summed E-state index contributed by atoms with van der Waals surface area (Å²) in [5.74, 6) is -0.201. The van der Waals surface area contributed by atoms with E-state index in [-0.39, 0.29) is 88.4 Å². The van der Waals surface area contributed by atoms with Crippen LogP contribution in [0.2, 0.25) is 0 Å². The molecule has 0 aromatic heterocycles. The van der Waals surface area contributed by atoms with Gasteiger partial charge in [-0.15, -0.1) is 11.6 Å². The molecule has 0 aliphatic carbocycles. The number of halogens is 1. The van der Waals surface area contributed by atoms with Crippen molar-refractivity contribution in [2.24, 2.45) is 5.92 Å². The molecule has 1 heterocycles. The van der Waals surface area contributed by atoms with Crippen molar-refractivity contribution in [1.82, 2.24) is 27.7 Å². The molecule has 5 aromatic rings. The van der Waals surface area contributed by atoms with Gasteiger partial charge in [0.05, 0.1) is 24.5 Å². The first kappa shape index (κ1) is 59.8. The fourth-order valence-corrected chi connectivity index (χ4v) is 15.8. The second-order valence-corrected chi connectivity index (χ2v) is 27.6. The summed E-state index contributed by atoms with van der Waals surface area (Å²) in [5, 5.41) is 3.30. The maximum Gasteiger partial charge on any atom is 0.243 e. The van der Waals surface area contributed by atoms with Gasteiger partial charge in [-0.1, -0.05) is 90.0 Å². The van der Waals surface area contributed by atoms with E-state index in [2.05, 4.69) is 14.8 Å². The van der Waals surface area contributed by atoms with Gasteiger partial charge in [0.15, 0.2) is 0 Å². The topological polar surface area (TPSA) is 217 Å². The summed E-state index contributed by atoms with van der Waals surface area (Å²) >= 11 is 6.28. The highest BCUT2D eigenvalue weighted by Crippen LogP contribution is 2.24. The van der Waals surface area contributed by atoms with Crippen molar-refractivity contribution >= 4 is 61.7 Å². The third-order valence-corrected chi connectivity index (χ3v) is 21.7. The number of sulfonamides is 5. The molecule has 0 spiro atoms. The van der Waals surface area contributed by atoms with Crippen LogP contribution in [-0.2, 0) is 50.1 Å². The summed E-state index contributed by atoms with van der Waals surface area (Å²) in [5.41, 5.74) is 3.77. The summed E-state index contributed by atoms with van der Waals surface area (Å²) in [6.07, 6.45) is 1.77. The Morgan fingerprint density at radius 3 is 1.23 bits per heavy atom. The van der Waals surface area contributed by atoms with Crippen LogP contribution in [0.3, 0.4) is 0 Å². The smallest absolute Gasteiger partial charge is 0.243 e. The summed E-state index contributed by atoms with van der Waals surface area (Å²) < 4.78 is 141. The first-order valence-electron chi connectivity index (χ1n) is 24.1. The number of rotatable bonds is 19. The summed E-state index contributed by atoms with van der Waals surface area (Å²) in [4.78, 5) is 0.975. The molecule has 1 fully saturated rings. The second-order valence-electron chi connectivity index (χ2n) is 18.0. The molecule has 6 rings (SSSR count). The minimum Gasteiger partial charge on any atom is -0.317 e. The number of hydrogen-bond acceptors (Lipinski definition) is 11. The van der Waals surface area contributed by atoms with E-state index in [1.807, 2.05) is 13.8 Å². The molecular formula is C51H69ClN6O10S5. The van der Waals surface area contributed by atoms with Gasteiger partial charge < -0.3 is 5.32 Å². The molecule has 0 saturated carbocycles. The maximum absolute atomic E-state index is 13.5. The lowest BCUT2D eigenvalue weighted by Crippen LogP contribution is -2.44. The van der Waals surface area contributed by atoms with Crippen molar-refractivity contribution < 1.29 is 42.1 Å². The fourth-order valence-electron chi connectivity index (χ4n) is 8.09. The first-order chi connectivity index (χ1) is 34.5. The van der Waals surface area contributed by atoms with Gasteiger partial charge in [-0.05, 0) is 133 Å². The van der Waals surface area contributed by atoms with Crippen LogP contribution in [-0.4, -0.2) is 126 Å². The van der Waals surface area contributed by atoms with Gasteiger partial charge >= 0.3 is 0 Å². The van der Waals surface area contributed by atoms with Crippen LogP contribution in [0.4, 0.5) is 0 Å². The van der Waals surface area contributed by atoms with Crippen LogP contribution in [0.1, 0.15) is 53.5 Å². The van der Waals surface area contributed by atoms with E-state index in [1.54, 1.807) is 124 Å². The Kier molecular flexibility index (Phi) is 22.2. The molecule has 0 atom stereocenters. The van der Waals surface area contributed by atoms with E-state index in [9.17, 15) is 42.1 Å². The van der Waals surface area contributed by atoms with E-state index in [0.29, 0.717) is 55.7 Å². The fraction of sp³-hybridized carbons (Fsp3) is 0.412. The standard InChI is InChI=1S/C27H35N3O6S3.C24H34ClN3O4S2/c1-22-12-4-7-15-25(22)37(31,32)28-18-10-20-30(39(35,36)27-17-9-6-14-24(27)3)21-11-19-29-38(33,34)26-16-8-5-13-23(26)2;1-20-5-9-23(10-6-20)33(29,30)27-15-3-13-26-14-4-16-28(19-22(17-25)18-27)34(31,32)24-11-7-21(2)8-12-24/h4-9,12-17,28-29H,10-11,18-21H2,1-3H3;5-12,22,26H,3-4,13-19H2,1-2H3. The van der Waals surface area contributed by atoms with Crippen LogP contribution in [0.5, 0.6) is 0 Å². The third-order valence-electron chi connectivity index (χ3n) is 12.2. The van der Waals surface area contributed by atoms with E-state index in [4.69, 9.17) is 11.6 Å². The molecule has 1 aliphatic heterocycles. The molecule has 1 saturated heterocycles. The van der Waals surface area contributed by atoms with Crippen LogP contribution in [0.15, 0.2) is 146 Å². The van der Waals surface area contributed by atoms with Gasteiger partial charge in [-0.3, -0.25) is 0 Å². The molecule has 73 heavy (non-hydrogen) atoms. The lowest BCUT2D eigenvalue weighted by Gasteiger charge is -2.31. The zero-order chi connectivity index (χ0) is 53.5. The molecule has 0 unspecified atom stereocenters. The summed E-state index contributed by atoms with van der Waals surface area (Å²) in [6, 6.07) is 33.4. The van der Waals surface area contributed by atoms with Crippen molar-refractivity contribution in [1.29, 1.82) is 0 Å². The van der Waals surface area contributed by atoms with Crippen LogP contribution < -0.4 is 14.8 Å². The molecule has 0 radical (unpaired) electrons. The summed E-state index contributed by atoms with van der Waals surface area (Å²) in [7, 11) is -18.9. The van der Waals surface area contributed by atoms with Crippen molar-refractivity contribution in [3.63, 3.8) is 0 Å². The zero-order valence-electron chi connectivity index (χ0n) is 42.1. The van der Waals surface area contributed by atoms with Gasteiger partial charge in [0.1, 0.15) is 0 Å². The Morgan fingerprint density at radius 2 is 0.877 bits per heavy atom. The van der Waals surface area contributed by atoms with Gasteiger partial charge in [-0.25, -0.2) is 51.5 Å². The Morgan fingerprint density at radius 1 is 0.521 bits per heavy atom. The van der Waals surface area contributed by atoms with Gasteiger partial charge in [0.2, 0.25) is 50.1 Å². The number of nitrogens with one attached hydrogen (secondary N) is 3. The average Bonchev–Trinajstić information content (AvgIpc) is 3.34. The number of nitrogens with zero attached hydrogens (tertiary/aromatic N) is 3. The monoisotopic (exact) mass is 1120 g/mol. The number of hydrogen-bond donors (Lipinski definition) is 3. The van der Waals surface area contributed by atoms with E-state index >= 15 is 0 Å². The molecular weight excluding hydrogens is 1050 g/mol. The van der Waals surface area contributed by atoms with Gasteiger partial charge in [0.25, 0.3) is 0 Å². The molecule has 1 aliphatic rings. The van der Waals surface area contributed by atoms with Gasteiger partial charge in [-0.2, -0.15) is 12.9 Å². The van der Waals surface area contributed by atoms with Crippen molar-refractivity contribution in [3.05, 3.63) is 149 Å². The molecule has 16 nitrogen and oxygen atoms in total. The third kappa shape index (κ3) is 16.7. The van der Waals surface area contributed by atoms with Crippen LogP contribution in [0, 0.1) is 40.5 Å². The van der Waals surface area contributed by atoms with E-state index < -0.39 is 50.1 Å². The predicted molar refractivity (Wildman–Crippen MR) is 288 cm³/mol. The van der Waals surface area contributed by atoms with E-state index in [0.717, 1.165) is 11.1 Å². The van der Waals surface area contributed by atoms with Crippen molar-refractivity contribution in [3.8, 4) is 0 Å². The SMILES string of the molecule is Cc1ccc(S(=O)(=O)N2CCCNCCCN(S(=O)(=O)c3ccc(C)cc3)CC(CCl)C2)cc1.Cc1ccccc1S(=O)(=O)NCCCN(CCCNS(=O)(=O)c1ccccc1C)S(=O)(=O)c1ccccc1C. The summed E-state index contributed by atoms with van der Waals surface area (Å²) in [6.45, 7) is 11.4. The number of benzene rings is 5. The highest BCUT2D eigenvalue weighted by atomic mass is 35.5. The predicted octanol–water partition coefficient (Wildman–Crippen LogP) is 6.56.